The molecule has 3 rings (SSSR count). The van der Waals surface area contributed by atoms with Gasteiger partial charge in [0.05, 0.1) is 7.11 Å². The molecule has 0 amide bonds. The Labute approximate surface area is 113 Å². The molecule has 0 bridgehead atoms. The third-order valence-corrected chi connectivity index (χ3v) is 4.04. The summed E-state index contributed by atoms with van der Waals surface area (Å²) in [6, 6.07) is 7.95. The van der Waals surface area contributed by atoms with Crippen molar-refractivity contribution in [3.05, 3.63) is 30.0 Å². The van der Waals surface area contributed by atoms with E-state index in [0.717, 1.165) is 22.6 Å². The van der Waals surface area contributed by atoms with E-state index in [2.05, 4.69) is 24.0 Å². The molecule has 0 saturated heterocycles. The Balaban J connectivity index is 2.07. The molecule has 1 saturated carbocycles. The van der Waals surface area contributed by atoms with Gasteiger partial charge in [0.25, 0.3) is 0 Å². The first-order chi connectivity index (χ1) is 9.03. The van der Waals surface area contributed by atoms with Crippen LogP contribution in [0.3, 0.4) is 0 Å². The number of methoxy groups -OCH3 is 1. The van der Waals surface area contributed by atoms with Crippen molar-refractivity contribution < 1.29 is 4.74 Å². The minimum absolute atomic E-state index is 0.340. The number of nitrogens with zero attached hydrogens (tertiary/aromatic N) is 1. The lowest BCUT2D eigenvalue weighted by Crippen LogP contribution is -1.94. The van der Waals surface area contributed by atoms with Crippen LogP contribution in [-0.4, -0.2) is 17.3 Å². The quantitative estimate of drug-likeness (QED) is 0.887. The lowest BCUT2D eigenvalue weighted by Gasteiger charge is -2.07. The monoisotopic (exact) mass is 257 g/mol. The van der Waals surface area contributed by atoms with E-state index in [1.807, 2.05) is 24.3 Å². The normalized spacial score (nSPS) is 20.3. The number of nitrogens with two attached hydrogens (primary N) is 1. The standard InChI is InChI=1S/C15H19N3O/c1-15(2)8-11(15)13-12(14(16)18-17-13)9-5-4-6-10(7-9)19-3/h4-7,11H,8H2,1-3H3,(H3,16,17,18). The van der Waals surface area contributed by atoms with Crippen molar-refractivity contribution in [3.8, 4) is 16.9 Å². The van der Waals surface area contributed by atoms with Crippen molar-refractivity contribution in [2.45, 2.75) is 26.2 Å². The lowest BCUT2D eigenvalue weighted by molar-refractivity contribution is 0.415. The van der Waals surface area contributed by atoms with E-state index < -0.39 is 0 Å². The van der Waals surface area contributed by atoms with Gasteiger partial charge in [-0.3, -0.25) is 5.10 Å². The summed E-state index contributed by atoms with van der Waals surface area (Å²) in [5.41, 5.74) is 9.61. The molecule has 0 radical (unpaired) electrons. The van der Waals surface area contributed by atoms with Crippen LogP contribution in [0.25, 0.3) is 11.1 Å². The minimum atomic E-state index is 0.340. The van der Waals surface area contributed by atoms with Gasteiger partial charge in [0, 0.05) is 17.2 Å². The zero-order valence-electron chi connectivity index (χ0n) is 11.5. The Morgan fingerprint density at radius 3 is 2.79 bits per heavy atom. The summed E-state index contributed by atoms with van der Waals surface area (Å²) >= 11 is 0. The second kappa shape index (κ2) is 4.02. The molecule has 19 heavy (non-hydrogen) atoms. The molecular formula is C15H19N3O. The summed E-state index contributed by atoms with van der Waals surface area (Å²) in [5, 5.41) is 7.30. The number of nitrogens with one attached hydrogen (secondary N) is 1. The van der Waals surface area contributed by atoms with Gasteiger partial charge in [-0.1, -0.05) is 26.0 Å². The van der Waals surface area contributed by atoms with E-state index in [9.17, 15) is 0 Å². The number of hydrogen-bond acceptors (Lipinski definition) is 3. The van der Waals surface area contributed by atoms with E-state index in [-0.39, 0.29) is 0 Å². The minimum Gasteiger partial charge on any atom is -0.497 e. The van der Waals surface area contributed by atoms with Crippen LogP contribution in [0, 0.1) is 5.41 Å². The van der Waals surface area contributed by atoms with Crippen LogP contribution in [0.15, 0.2) is 24.3 Å². The topological polar surface area (TPSA) is 63.9 Å². The van der Waals surface area contributed by atoms with Gasteiger partial charge in [0.2, 0.25) is 0 Å². The molecule has 2 aromatic rings. The van der Waals surface area contributed by atoms with E-state index in [1.54, 1.807) is 7.11 Å². The largest absolute Gasteiger partial charge is 0.497 e. The third kappa shape index (κ3) is 1.97. The molecule has 1 aliphatic rings. The highest BCUT2D eigenvalue weighted by atomic mass is 16.5. The number of aromatic nitrogens is 2. The Hall–Kier alpha value is -1.97. The van der Waals surface area contributed by atoms with Crippen molar-refractivity contribution >= 4 is 5.82 Å². The van der Waals surface area contributed by atoms with E-state index in [4.69, 9.17) is 10.5 Å². The van der Waals surface area contributed by atoms with Crippen LogP contribution in [0.4, 0.5) is 5.82 Å². The van der Waals surface area contributed by atoms with Crippen molar-refractivity contribution in [2.75, 3.05) is 12.8 Å². The lowest BCUT2D eigenvalue weighted by atomic mass is 9.99. The summed E-state index contributed by atoms with van der Waals surface area (Å²) in [4.78, 5) is 0. The first-order valence-electron chi connectivity index (χ1n) is 6.51. The number of rotatable bonds is 3. The van der Waals surface area contributed by atoms with Gasteiger partial charge in [-0.25, -0.2) is 0 Å². The molecular weight excluding hydrogens is 238 g/mol. The zero-order chi connectivity index (χ0) is 13.6. The molecule has 4 nitrogen and oxygen atoms in total. The zero-order valence-corrected chi connectivity index (χ0v) is 11.5. The third-order valence-electron chi connectivity index (χ3n) is 4.04. The summed E-state index contributed by atoms with van der Waals surface area (Å²) in [6.45, 7) is 4.54. The molecule has 0 spiro atoms. The fourth-order valence-electron chi connectivity index (χ4n) is 2.66. The Morgan fingerprint density at radius 2 is 2.16 bits per heavy atom. The predicted octanol–water partition coefficient (Wildman–Crippen LogP) is 3.18. The second-order valence-corrected chi connectivity index (χ2v) is 5.87. The first kappa shape index (κ1) is 12.1. The molecule has 0 aliphatic heterocycles. The van der Waals surface area contributed by atoms with Gasteiger partial charge < -0.3 is 10.5 Å². The van der Waals surface area contributed by atoms with Crippen LogP contribution in [0.2, 0.25) is 0 Å². The van der Waals surface area contributed by atoms with E-state index >= 15 is 0 Å². The maximum atomic E-state index is 6.04. The van der Waals surface area contributed by atoms with Gasteiger partial charge in [0.15, 0.2) is 5.82 Å². The maximum absolute atomic E-state index is 6.04. The number of benzene rings is 1. The summed E-state index contributed by atoms with van der Waals surface area (Å²) in [5.74, 6) is 1.91. The van der Waals surface area contributed by atoms with Gasteiger partial charge >= 0.3 is 0 Å². The van der Waals surface area contributed by atoms with Crippen molar-refractivity contribution in [3.63, 3.8) is 0 Å². The molecule has 1 heterocycles. The average molecular weight is 257 g/mol. The molecule has 1 unspecified atom stereocenters. The van der Waals surface area contributed by atoms with Crippen LogP contribution in [0.1, 0.15) is 31.9 Å². The van der Waals surface area contributed by atoms with Gasteiger partial charge in [0.1, 0.15) is 5.75 Å². The molecule has 1 aromatic carbocycles. The first-order valence-corrected chi connectivity index (χ1v) is 6.51. The Kier molecular flexibility index (Phi) is 2.55. The summed E-state index contributed by atoms with van der Waals surface area (Å²) in [6.07, 6.45) is 1.17. The number of nitrogen functional groups attached to an aromatic ring is 1. The number of ether oxygens (including phenoxy) is 1. The fourth-order valence-corrected chi connectivity index (χ4v) is 2.66. The van der Waals surface area contributed by atoms with Crippen molar-refractivity contribution in [2.24, 2.45) is 5.41 Å². The second-order valence-electron chi connectivity index (χ2n) is 5.87. The molecule has 4 heteroatoms. The molecule has 1 atom stereocenters. The molecule has 3 N–H and O–H groups in total. The molecule has 1 aliphatic carbocycles. The number of hydrogen-bond donors (Lipinski definition) is 2. The van der Waals surface area contributed by atoms with E-state index in [1.165, 1.54) is 6.42 Å². The van der Waals surface area contributed by atoms with Crippen LogP contribution < -0.4 is 10.5 Å². The maximum Gasteiger partial charge on any atom is 0.153 e. The van der Waals surface area contributed by atoms with Crippen molar-refractivity contribution in [1.82, 2.24) is 10.2 Å². The molecule has 1 fully saturated rings. The summed E-state index contributed by atoms with van der Waals surface area (Å²) in [7, 11) is 1.67. The van der Waals surface area contributed by atoms with Crippen molar-refractivity contribution in [1.29, 1.82) is 0 Å². The highest BCUT2D eigenvalue weighted by Gasteiger charge is 2.48. The highest BCUT2D eigenvalue weighted by molar-refractivity contribution is 5.78. The summed E-state index contributed by atoms with van der Waals surface area (Å²) < 4.78 is 5.28. The molecule has 100 valence electrons. The van der Waals surface area contributed by atoms with Gasteiger partial charge in [-0.05, 0) is 29.5 Å². The highest BCUT2D eigenvalue weighted by Crippen LogP contribution is 2.60. The van der Waals surface area contributed by atoms with Gasteiger partial charge in [-0.15, -0.1) is 0 Å². The Bertz CT molecular complexity index is 616. The average Bonchev–Trinajstić information content (AvgIpc) is 2.85. The number of aromatic amines is 1. The van der Waals surface area contributed by atoms with Crippen LogP contribution in [-0.2, 0) is 0 Å². The van der Waals surface area contributed by atoms with E-state index in [0.29, 0.717) is 17.2 Å². The van der Waals surface area contributed by atoms with Gasteiger partial charge in [-0.2, -0.15) is 5.10 Å². The van der Waals surface area contributed by atoms with Crippen LogP contribution >= 0.6 is 0 Å². The number of anilines is 1. The predicted molar refractivity (Wildman–Crippen MR) is 76.1 cm³/mol. The van der Waals surface area contributed by atoms with Crippen LogP contribution in [0.5, 0.6) is 5.75 Å². The fraction of sp³-hybridized carbons (Fsp3) is 0.400. The molecule has 1 aromatic heterocycles. The smallest absolute Gasteiger partial charge is 0.153 e. The number of H-pyrrole nitrogens is 1. The SMILES string of the molecule is COc1cccc(-c2c(N)n[nH]c2C2CC2(C)C)c1. The Morgan fingerprint density at radius 1 is 1.42 bits per heavy atom.